The Balaban J connectivity index is 2.10. The zero-order valence-electron chi connectivity index (χ0n) is 8.96. The highest BCUT2D eigenvalue weighted by Gasteiger charge is 2.01. The van der Waals surface area contributed by atoms with Crippen LogP contribution in [0.3, 0.4) is 0 Å². The summed E-state index contributed by atoms with van der Waals surface area (Å²) in [6, 6.07) is 12.8. The standard InChI is InChI=1S/C14H9NOS/c15-10-12-5-3-11(4-6-12)7-8-13(16)14-2-1-9-17-14/h1-9H/b8-7+. The van der Waals surface area contributed by atoms with Gasteiger partial charge in [-0.3, -0.25) is 4.79 Å². The highest BCUT2D eigenvalue weighted by Crippen LogP contribution is 2.11. The van der Waals surface area contributed by atoms with Crippen molar-refractivity contribution in [2.75, 3.05) is 0 Å². The minimum Gasteiger partial charge on any atom is -0.288 e. The van der Waals surface area contributed by atoms with Crippen LogP contribution >= 0.6 is 11.3 Å². The van der Waals surface area contributed by atoms with Crippen LogP contribution in [0.1, 0.15) is 20.8 Å². The fourth-order valence-electron chi connectivity index (χ4n) is 1.34. The monoisotopic (exact) mass is 239 g/mol. The summed E-state index contributed by atoms with van der Waals surface area (Å²) in [5, 5.41) is 10.5. The van der Waals surface area contributed by atoms with E-state index in [9.17, 15) is 4.79 Å². The molecule has 17 heavy (non-hydrogen) atoms. The molecule has 3 heteroatoms. The molecule has 1 aromatic carbocycles. The molecule has 0 bridgehead atoms. The molecule has 2 rings (SSSR count). The molecule has 0 amide bonds. The lowest BCUT2D eigenvalue weighted by atomic mass is 10.1. The van der Waals surface area contributed by atoms with Crippen molar-refractivity contribution >= 4 is 23.2 Å². The van der Waals surface area contributed by atoms with E-state index in [-0.39, 0.29) is 5.78 Å². The average Bonchev–Trinajstić information content (AvgIpc) is 2.90. The van der Waals surface area contributed by atoms with Crippen LogP contribution < -0.4 is 0 Å². The lowest BCUT2D eigenvalue weighted by Gasteiger charge is -1.93. The number of hydrogen-bond donors (Lipinski definition) is 0. The van der Waals surface area contributed by atoms with Crippen molar-refractivity contribution in [2.45, 2.75) is 0 Å². The summed E-state index contributed by atoms with van der Waals surface area (Å²) in [5.41, 5.74) is 1.53. The summed E-state index contributed by atoms with van der Waals surface area (Å²) in [7, 11) is 0. The van der Waals surface area contributed by atoms with Crippen molar-refractivity contribution in [3.05, 3.63) is 63.9 Å². The van der Waals surface area contributed by atoms with Gasteiger partial charge in [0.25, 0.3) is 0 Å². The maximum Gasteiger partial charge on any atom is 0.195 e. The van der Waals surface area contributed by atoms with Gasteiger partial charge in [-0.05, 0) is 35.2 Å². The highest BCUT2D eigenvalue weighted by atomic mass is 32.1. The Hall–Kier alpha value is -2.18. The number of carbonyl (C=O) groups excluding carboxylic acids is 1. The van der Waals surface area contributed by atoms with Gasteiger partial charge in [0.05, 0.1) is 16.5 Å². The van der Waals surface area contributed by atoms with Crippen LogP contribution in [-0.4, -0.2) is 5.78 Å². The minimum absolute atomic E-state index is 0.00404. The number of nitriles is 1. The lowest BCUT2D eigenvalue weighted by Crippen LogP contribution is -1.88. The Morgan fingerprint density at radius 2 is 2.00 bits per heavy atom. The van der Waals surface area contributed by atoms with Gasteiger partial charge < -0.3 is 0 Å². The summed E-state index contributed by atoms with van der Waals surface area (Å²) >= 11 is 1.43. The minimum atomic E-state index is 0.00404. The smallest absolute Gasteiger partial charge is 0.195 e. The van der Waals surface area contributed by atoms with Crippen molar-refractivity contribution in [2.24, 2.45) is 0 Å². The Bertz CT molecular complexity index is 574. The van der Waals surface area contributed by atoms with Crippen LogP contribution in [0.2, 0.25) is 0 Å². The van der Waals surface area contributed by atoms with Crippen LogP contribution in [0.4, 0.5) is 0 Å². The Morgan fingerprint density at radius 3 is 2.59 bits per heavy atom. The molecule has 0 aliphatic rings. The van der Waals surface area contributed by atoms with Crippen LogP contribution in [0.5, 0.6) is 0 Å². The molecule has 0 spiro atoms. The molecule has 1 heterocycles. The SMILES string of the molecule is N#Cc1ccc(/C=C/C(=O)c2cccs2)cc1. The molecule has 0 N–H and O–H groups in total. The Morgan fingerprint density at radius 1 is 1.24 bits per heavy atom. The van der Waals surface area contributed by atoms with Crippen LogP contribution in [0.25, 0.3) is 6.08 Å². The van der Waals surface area contributed by atoms with E-state index >= 15 is 0 Å². The van der Waals surface area contributed by atoms with Gasteiger partial charge in [0.1, 0.15) is 0 Å². The third-order valence-corrected chi connectivity index (χ3v) is 3.12. The Kier molecular flexibility index (Phi) is 3.49. The molecule has 0 saturated heterocycles. The molecule has 2 aromatic rings. The number of carbonyl (C=O) groups is 1. The molecule has 0 unspecified atom stereocenters. The number of nitrogens with zero attached hydrogens (tertiary/aromatic N) is 1. The number of benzene rings is 1. The fourth-order valence-corrected chi connectivity index (χ4v) is 1.99. The van der Waals surface area contributed by atoms with Crippen molar-refractivity contribution < 1.29 is 4.79 Å². The predicted octanol–water partition coefficient (Wildman–Crippen LogP) is 3.52. The average molecular weight is 239 g/mol. The van der Waals surface area contributed by atoms with E-state index in [1.807, 2.05) is 23.6 Å². The van der Waals surface area contributed by atoms with E-state index in [1.165, 1.54) is 11.3 Å². The van der Waals surface area contributed by atoms with Gasteiger partial charge in [0.2, 0.25) is 0 Å². The van der Waals surface area contributed by atoms with Crippen LogP contribution in [0, 0.1) is 11.3 Å². The van der Waals surface area contributed by atoms with Crippen LogP contribution in [0.15, 0.2) is 47.9 Å². The number of hydrogen-bond acceptors (Lipinski definition) is 3. The second kappa shape index (κ2) is 5.24. The summed E-state index contributed by atoms with van der Waals surface area (Å²) in [6.07, 6.45) is 3.30. The molecular weight excluding hydrogens is 230 g/mol. The van der Waals surface area contributed by atoms with Crippen molar-refractivity contribution in [3.8, 4) is 6.07 Å². The van der Waals surface area contributed by atoms with Gasteiger partial charge >= 0.3 is 0 Å². The van der Waals surface area contributed by atoms with Gasteiger partial charge in [0, 0.05) is 0 Å². The zero-order chi connectivity index (χ0) is 12.1. The first-order chi connectivity index (χ1) is 8.29. The molecule has 0 saturated carbocycles. The third kappa shape index (κ3) is 2.90. The van der Waals surface area contributed by atoms with E-state index in [2.05, 4.69) is 6.07 Å². The first-order valence-electron chi connectivity index (χ1n) is 5.05. The van der Waals surface area contributed by atoms with E-state index in [4.69, 9.17) is 5.26 Å². The maximum absolute atomic E-state index is 11.7. The molecule has 0 radical (unpaired) electrons. The fraction of sp³-hybridized carbons (Fsp3) is 0. The number of rotatable bonds is 3. The summed E-state index contributed by atoms with van der Waals surface area (Å²) in [5.74, 6) is 0.00404. The molecule has 0 fully saturated rings. The summed E-state index contributed by atoms with van der Waals surface area (Å²) < 4.78 is 0. The maximum atomic E-state index is 11.7. The van der Waals surface area contributed by atoms with E-state index in [1.54, 1.807) is 30.4 Å². The quantitative estimate of drug-likeness (QED) is 0.607. The first kappa shape index (κ1) is 11.3. The highest BCUT2D eigenvalue weighted by molar-refractivity contribution is 7.12. The van der Waals surface area contributed by atoms with Crippen molar-refractivity contribution in [1.29, 1.82) is 5.26 Å². The Labute approximate surface area is 103 Å². The largest absolute Gasteiger partial charge is 0.288 e. The molecule has 0 aliphatic heterocycles. The van der Waals surface area contributed by atoms with Crippen molar-refractivity contribution in [1.82, 2.24) is 0 Å². The van der Waals surface area contributed by atoms with Gasteiger partial charge in [-0.25, -0.2) is 0 Å². The van der Waals surface area contributed by atoms with Gasteiger partial charge in [-0.1, -0.05) is 24.3 Å². The third-order valence-electron chi connectivity index (χ3n) is 2.23. The second-order valence-corrected chi connectivity index (χ2v) is 4.36. The molecule has 0 aliphatic carbocycles. The predicted molar refractivity (Wildman–Crippen MR) is 68.8 cm³/mol. The number of allylic oxidation sites excluding steroid dienone is 1. The molecule has 2 nitrogen and oxygen atoms in total. The summed E-state index contributed by atoms with van der Waals surface area (Å²) in [4.78, 5) is 12.4. The zero-order valence-corrected chi connectivity index (χ0v) is 9.78. The van der Waals surface area contributed by atoms with E-state index in [0.29, 0.717) is 5.56 Å². The normalized spacial score (nSPS) is 10.3. The molecule has 82 valence electrons. The van der Waals surface area contributed by atoms with E-state index < -0.39 is 0 Å². The summed E-state index contributed by atoms with van der Waals surface area (Å²) in [6.45, 7) is 0. The van der Waals surface area contributed by atoms with Gasteiger partial charge in [-0.2, -0.15) is 5.26 Å². The van der Waals surface area contributed by atoms with Gasteiger partial charge in [0.15, 0.2) is 5.78 Å². The number of thiophene rings is 1. The first-order valence-corrected chi connectivity index (χ1v) is 5.93. The topological polar surface area (TPSA) is 40.9 Å². The van der Waals surface area contributed by atoms with Gasteiger partial charge in [-0.15, -0.1) is 11.3 Å². The molecule has 1 aromatic heterocycles. The molecular formula is C14H9NOS. The van der Waals surface area contributed by atoms with E-state index in [0.717, 1.165) is 10.4 Å². The second-order valence-electron chi connectivity index (χ2n) is 3.41. The van der Waals surface area contributed by atoms with Crippen molar-refractivity contribution in [3.63, 3.8) is 0 Å². The van der Waals surface area contributed by atoms with Crippen LogP contribution in [-0.2, 0) is 0 Å². The lowest BCUT2D eigenvalue weighted by molar-refractivity contribution is 0.105. The number of ketones is 1. The molecule has 0 atom stereocenters.